The molecule has 0 aromatic heterocycles. The third-order valence-electron chi connectivity index (χ3n) is 3.86. The predicted octanol–water partition coefficient (Wildman–Crippen LogP) is 3.11. The van der Waals surface area contributed by atoms with Crippen LogP contribution >= 0.6 is 0 Å². The molecule has 0 fully saturated rings. The van der Waals surface area contributed by atoms with E-state index in [0.29, 0.717) is 23.8 Å². The molecule has 5 heteroatoms. The number of hydrogen-bond acceptors (Lipinski definition) is 4. The smallest absolute Gasteiger partial charge is 0.225 e. The van der Waals surface area contributed by atoms with Crippen LogP contribution in [0.2, 0.25) is 0 Å². The Balaban J connectivity index is 3.00. The van der Waals surface area contributed by atoms with Crippen molar-refractivity contribution in [2.24, 2.45) is 5.92 Å². The van der Waals surface area contributed by atoms with Gasteiger partial charge in [0.1, 0.15) is 0 Å². The van der Waals surface area contributed by atoms with Gasteiger partial charge in [0.25, 0.3) is 0 Å². The van der Waals surface area contributed by atoms with Gasteiger partial charge in [-0.25, -0.2) is 0 Å². The lowest BCUT2D eigenvalue weighted by atomic mass is 10.0. The topological polar surface area (TPSA) is 48.0 Å². The van der Waals surface area contributed by atoms with Crippen LogP contribution in [0, 0.1) is 5.92 Å². The number of amides is 1. The lowest BCUT2D eigenvalue weighted by Crippen LogP contribution is -2.32. The van der Waals surface area contributed by atoms with Crippen LogP contribution in [-0.4, -0.2) is 39.2 Å². The van der Waals surface area contributed by atoms with Crippen LogP contribution in [-0.2, 0) is 11.3 Å². The van der Waals surface area contributed by atoms with Gasteiger partial charge >= 0.3 is 0 Å². The van der Waals surface area contributed by atoms with E-state index in [4.69, 9.17) is 14.2 Å². The first kappa shape index (κ1) is 18.1. The van der Waals surface area contributed by atoms with Crippen molar-refractivity contribution >= 4 is 5.91 Å². The van der Waals surface area contributed by atoms with Crippen molar-refractivity contribution in [2.45, 2.75) is 33.2 Å². The fourth-order valence-electron chi connectivity index (χ4n) is 2.53. The van der Waals surface area contributed by atoms with E-state index in [-0.39, 0.29) is 11.8 Å². The molecule has 0 aliphatic heterocycles. The van der Waals surface area contributed by atoms with Gasteiger partial charge < -0.3 is 19.1 Å². The third-order valence-corrected chi connectivity index (χ3v) is 3.86. The van der Waals surface area contributed by atoms with Gasteiger partial charge in [0.2, 0.25) is 11.7 Å². The summed E-state index contributed by atoms with van der Waals surface area (Å²) < 4.78 is 16.0. The van der Waals surface area contributed by atoms with E-state index in [1.807, 2.05) is 33.0 Å². The number of carbonyl (C=O) groups excluding carboxylic acids is 1. The Morgan fingerprint density at radius 3 is 1.91 bits per heavy atom. The molecule has 0 radical (unpaired) electrons. The first-order valence-electron chi connectivity index (χ1n) is 7.56. The maximum absolute atomic E-state index is 12.4. The number of nitrogens with zero attached hydrogens (tertiary/aromatic N) is 1. The van der Waals surface area contributed by atoms with Gasteiger partial charge in [-0.15, -0.1) is 0 Å². The van der Waals surface area contributed by atoms with Gasteiger partial charge in [-0.2, -0.15) is 0 Å². The highest BCUT2D eigenvalue weighted by molar-refractivity contribution is 5.78. The van der Waals surface area contributed by atoms with E-state index in [9.17, 15) is 4.79 Å². The molecule has 0 aliphatic carbocycles. The molecule has 0 spiro atoms. The summed E-state index contributed by atoms with van der Waals surface area (Å²) in [5.41, 5.74) is 0.941. The quantitative estimate of drug-likeness (QED) is 0.740. The summed E-state index contributed by atoms with van der Waals surface area (Å²) in [6.45, 7) is 4.59. The number of rotatable bonds is 8. The Labute approximate surface area is 133 Å². The third kappa shape index (κ3) is 4.06. The molecule has 22 heavy (non-hydrogen) atoms. The fraction of sp³-hybridized carbons (Fsp3) is 0.588. The van der Waals surface area contributed by atoms with Crippen molar-refractivity contribution in [2.75, 3.05) is 28.4 Å². The maximum Gasteiger partial charge on any atom is 0.225 e. The number of methoxy groups -OCH3 is 3. The first-order valence-corrected chi connectivity index (χ1v) is 7.56. The molecule has 5 nitrogen and oxygen atoms in total. The van der Waals surface area contributed by atoms with Gasteiger partial charge in [-0.05, 0) is 30.5 Å². The predicted molar refractivity (Wildman–Crippen MR) is 86.6 cm³/mol. The standard InChI is InChI=1S/C17H27NO4/c1-7-13(8-2)17(19)18(3)11-12-9-14(20-4)16(22-6)15(10-12)21-5/h9-10,13H,7-8,11H2,1-6H3. The number of ether oxygens (including phenoxy) is 3. The van der Waals surface area contributed by atoms with E-state index < -0.39 is 0 Å². The minimum absolute atomic E-state index is 0.0760. The van der Waals surface area contributed by atoms with Crippen molar-refractivity contribution in [3.05, 3.63) is 17.7 Å². The molecule has 0 heterocycles. The highest BCUT2D eigenvalue weighted by Crippen LogP contribution is 2.38. The van der Waals surface area contributed by atoms with E-state index in [0.717, 1.165) is 18.4 Å². The average molecular weight is 309 g/mol. The van der Waals surface area contributed by atoms with Crippen LogP contribution in [0.5, 0.6) is 17.2 Å². The molecule has 0 bridgehead atoms. The molecule has 1 aromatic carbocycles. The average Bonchev–Trinajstić information content (AvgIpc) is 2.54. The van der Waals surface area contributed by atoms with E-state index >= 15 is 0 Å². The minimum atomic E-state index is 0.0760. The van der Waals surface area contributed by atoms with Gasteiger partial charge in [-0.3, -0.25) is 4.79 Å². The normalized spacial score (nSPS) is 10.5. The summed E-state index contributed by atoms with van der Waals surface area (Å²) in [6, 6.07) is 3.75. The van der Waals surface area contributed by atoms with Crippen LogP contribution < -0.4 is 14.2 Å². The Morgan fingerprint density at radius 2 is 1.55 bits per heavy atom. The molecule has 0 atom stereocenters. The lowest BCUT2D eigenvalue weighted by molar-refractivity contribution is -0.134. The zero-order valence-electron chi connectivity index (χ0n) is 14.4. The number of hydrogen-bond donors (Lipinski definition) is 0. The highest BCUT2D eigenvalue weighted by atomic mass is 16.5. The van der Waals surface area contributed by atoms with Crippen LogP contribution in [0.15, 0.2) is 12.1 Å². The van der Waals surface area contributed by atoms with Gasteiger partial charge in [0, 0.05) is 19.5 Å². The SMILES string of the molecule is CCC(CC)C(=O)N(C)Cc1cc(OC)c(OC)c(OC)c1. The highest BCUT2D eigenvalue weighted by Gasteiger charge is 2.20. The summed E-state index contributed by atoms with van der Waals surface area (Å²) >= 11 is 0. The molecule has 1 amide bonds. The molecular formula is C17H27NO4. The van der Waals surface area contributed by atoms with E-state index in [1.165, 1.54) is 0 Å². The first-order chi connectivity index (χ1) is 10.5. The number of benzene rings is 1. The van der Waals surface area contributed by atoms with Crippen LogP contribution in [0.3, 0.4) is 0 Å². The molecule has 0 N–H and O–H groups in total. The maximum atomic E-state index is 12.4. The summed E-state index contributed by atoms with van der Waals surface area (Å²) in [4.78, 5) is 14.1. The van der Waals surface area contributed by atoms with Gasteiger partial charge in [0.15, 0.2) is 11.5 Å². The molecule has 0 unspecified atom stereocenters. The summed E-state index contributed by atoms with van der Waals surface area (Å²) in [6.07, 6.45) is 1.71. The molecule has 0 saturated carbocycles. The fourth-order valence-corrected chi connectivity index (χ4v) is 2.53. The second-order valence-electron chi connectivity index (χ2n) is 5.24. The number of carbonyl (C=O) groups is 1. The minimum Gasteiger partial charge on any atom is -0.493 e. The van der Waals surface area contributed by atoms with Crippen molar-refractivity contribution in [1.29, 1.82) is 0 Å². The van der Waals surface area contributed by atoms with Crippen molar-refractivity contribution in [3.63, 3.8) is 0 Å². The molecule has 0 aliphatic rings. The molecule has 1 aromatic rings. The van der Waals surface area contributed by atoms with Gasteiger partial charge in [0.05, 0.1) is 21.3 Å². The largest absolute Gasteiger partial charge is 0.493 e. The van der Waals surface area contributed by atoms with E-state index in [2.05, 4.69) is 0 Å². The zero-order chi connectivity index (χ0) is 16.7. The summed E-state index contributed by atoms with van der Waals surface area (Å²) in [7, 11) is 6.56. The van der Waals surface area contributed by atoms with Gasteiger partial charge in [-0.1, -0.05) is 13.8 Å². The van der Waals surface area contributed by atoms with E-state index in [1.54, 1.807) is 26.2 Å². The molecular weight excluding hydrogens is 282 g/mol. The Bertz CT molecular complexity index is 472. The monoisotopic (exact) mass is 309 g/mol. The second kappa shape index (κ2) is 8.51. The van der Waals surface area contributed by atoms with Crippen LogP contribution in [0.4, 0.5) is 0 Å². The van der Waals surface area contributed by atoms with Crippen molar-refractivity contribution in [3.8, 4) is 17.2 Å². The zero-order valence-corrected chi connectivity index (χ0v) is 14.4. The summed E-state index contributed by atoms with van der Waals surface area (Å²) in [5, 5.41) is 0. The van der Waals surface area contributed by atoms with Crippen LogP contribution in [0.25, 0.3) is 0 Å². The Kier molecular flexibility index (Phi) is 7.02. The summed E-state index contributed by atoms with van der Waals surface area (Å²) in [5.74, 6) is 1.99. The molecule has 1 rings (SSSR count). The lowest BCUT2D eigenvalue weighted by Gasteiger charge is -2.23. The second-order valence-corrected chi connectivity index (χ2v) is 5.24. The Hall–Kier alpha value is -1.91. The Morgan fingerprint density at radius 1 is 1.05 bits per heavy atom. The van der Waals surface area contributed by atoms with Crippen LogP contribution in [0.1, 0.15) is 32.3 Å². The molecule has 124 valence electrons. The van der Waals surface area contributed by atoms with Crippen molar-refractivity contribution in [1.82, 2.24) is 4.90 Å². The molecule has 0 saturated heterocycles. The van der Waals surface area contributed by atoms with Crippen molar-refractivity contribution < 1.29 is 19.0 Å².